The minimum atomic E-state index is -0.588. The second kappa shape index (κ2) is 12.2. The third kappa shape index (κ3) is 6.07. The van der Waals surface area contributed by atoms with Crippen LogP contribution in [0.3, 0.4) is 0 Å². The Kier molecular flexibility index (Phi) is 9.04. The third-order valence-corrected chi connectivity index (χ3v) is 6.07. The van der Waals surface area contributed by atoms with Crippen molar-refractivity contribution in [2.24, 2.45) is 0 Å². The van der Waals surface area contributed by atoms with Gasteiger partial charge in [-0.2, -0.15) is 0 Å². The largest absolute Gasteiger partial charge is 0.494 e. The van der Waals surface area contributed by atoms with Crippen molar-refractivity contribution in [3.05, 3.63) is 64.5 Å². The summed E-state index contributed by atoms with van der Waals surface area (Å²) < 4.78 is 10.5. The lowest BCUT2D eigenvalue weighted by Gasteiger charge is -2.22. The van der Waals surface area contributed by atoms with Crippen molar-refractivity contribution >= 4 is 39.9 Å². The number of esters is 1. The highest BCUT2D eigenvalue weighted by Gasteiger charge is 2.24. The number of nitro groups is 1. The van der Waals surface area contributed by atoms with Gasteiger partial charge in [-0.05, 0) is 20.2 Å². The minimum Gasteiger partial charge on any atom is -0.494 e. The van der Waals surface area contributed by atoms with Crippen molar-refractivity contribution in [3.8, 4) is 17.0 Å². The average Bonchev–Trinajstić information content (AvgIpc) is 3.35. The minimum absolute atomic E-state index is 0. The number of hydrogen-bond donors (Lipinski definition) is 2. The molecular weight excluding hydrogens is 502 g/mol. The highest BCUT2D eigenvalue weighted by Crippen LogP contribution is 2.39. The van der Waals surface area contributed by atoms with E-state index in [-0.39, 0.29) is 24.6 Å². The predicted octanol–water partition coefficient (Wildman–Crippen LogP) is 4.71. The van der Waals surface area contributed by atoms with Gasteiger partial charge in [0.2, 0.25) is 5.95 Å². The Balaban J connectivity index is 0.00000420. The lowest BCUT2D eigenvalue weighted by Crippen LogP contribution is -2.29. The predicted molar refractivity (Wildman–Crippen MR) is 152 cm³/mol. The lowest BCUT2D eigenvalue weighted by molar-refractivity contribution is -0.384. The number of methoxy groups -OCH3 is 2. The number of rotatable bonds is 10. The van der Waals surface area contributed by atoms with E-state index in [2.05, 4.69) is 20.3 Å². The number of likely N-dealkylation sites (N-methyl/N-ethyl adjacent to an activating group) is 2. The van der Waals surface area contributed by atoms with E-state index in [0.717, 1.165) is 10.9 Å². The van der Waals surface area contributed by atoms with E-state index in [4.69, 9.17) is 9.47 Å². The smallest absolute Gasteiger partial charge is 0.341 e. The number of fused-ring (bicyclic) bond motifs is 1. The zero-order valence-electron chi connectivity index (χ0n) is 21.8. The Labute approximate surface area is 226 Å². The van der Waals surface area contributed by atoms with E-state index < -0.39 is 10.9 Å². The van der Waals surface area contributed by atoms with Gasteiger partial charge in [0, 0.05) is 61.1 Å². The van der Waals surface area contributed by atoms with Gasteiger partial charge in [-0.15, -0.1) is 0 Å². The number of nitrogens with zero attached hydrogens (tertiary/aromatic N) is 5. The molecule has 0 saturated heterocycles. The summed E-state index contributed by atoms with van der Waals surface area (Å²) in [6.07, 6.45) is 3.12. The Bertz CT molecular complexity index is 1480. The summed E-state index contributed by atoms with van der Waals surface area (Å²) in [6, 6.07) is 10.6. The summed E-state index contributed by atoms with van der Waals surface area (Å²) in [7, 11) is 8.43. The van der Waals surface area contributed by atoms with Crippen molar-refractivity contribution < 1.29 is 19.2 Å². The van der Waals surface area contributed by atoms with Crippen molar-refractivity contribution in [1.29, 1.82) is 0 Å². The molecular formula is C27H33N7O5. The topological polar surface area (TPSA) is 139 Å². The zero-order valence-corrected chi connectivity index (χ0v) is 21.8. The summed E-state index contributed by atoms with van der Waals surface area (Å²) >= 11 is 0. The molecule has 0 radical (unpaired) electrons. The van der Waals surface area contributed by atoms with Crippen LogP contribution < -0.4 is 15.0 Å². The van der Waals surface area contributed by atoms with Gasteiger partial charge in [-0.1, -0.05) is 25.6 Å². The molecule has 39 heavy (non-hydrogen) atoms. The first-order valence-electron chi connectivity index (χ1n) is 11.7. The highest BCUT2D eigenvalue weighted by molar-refractivity contribution is 6.02. The highest BCUT2D eigenvalue weighted by atomic mass is 16.6. The number of ether oxygens (including phenoxy) is 2. The number of H-pyrrole nitrogens is 1. The van der Waals surface area contributed by atoms with E-state index in [9.17, 15) is 14.9 Å². The molecule has 4 aromatic rings. The van der Waals surface area contributed by atoms with Crippen LogP contribution in [-0.2, 0) is 4.74 Å². The maximum Gasteiger partial charge on any atom is 0.341 e. The third-order valence-electron chi connectivity index (χ3n) is 6.07. The summed E-state index contributed by atoms with van der Waals surface area (Å²) in [4.78, 5) is 39.9. The molecule has 0 saturated carbocycles. The molecule has 0 spiro atoms. The maximum atomic E-state index is 12.5. The second-order valence-corrected chi connectivity index (χ2v) is 8.84. The van der Waals surface area contributed by atoms with Crippen LogP contribution in [-0.4, -0.2) is 79.2 Å². The SMILES string of the molecule is C.COC(=O)c1cnc(Nc2cc([N+](=O)[O-])c(N(C)CCN(C)C)cc2OC)nc1-c1c[nH]c2ccccc12. The molecule has 2 aromatic heterocycles. The van der Waals surface area contributed by atoms with E-state index in [1.54, 1.807) is 24.2 Å². The van der Waals surface area contributed by atoms with Crippen LogP contribution >= 0.6 is 0 Å². The molecule has 0 atom stereocenters. The molecule has 0 amide bonds. The Hall–Kier alpha value is -4.71. The van der Waals surface area contributed by atoms with Crippen LogP contribution in [0.2, 0.25) is 0 Å². The van der Waals surface area contributed by atoms with Crippen LogP contribution in [0.5, 0.6) is 5.75 Å². The Morgan fingerprint density at radius 3 is 2.56 bits per heavy atom. The number of nitro benzene ring substituents is 1. The molecule has 0 aliphatic heterocycles. The molecule has 206 valence electrons. The number of carbonyl (C=O) groups is 1. The van der Waals surface area contributed by atoms with E-state index in [0.29, 0.717) is 41.5 Å². The number of benzene rings is 2. The first kappa shape index (κ1) is 28.9. The van der Waals surface area contributed by atoms with Crippen LogP contribution in [0.1, 0.15) is 17.8 Å². The van der Waals surface area contributed by atoms with Gasteiger partial charge in [0.1, 0.15) is 17.0 Å². The van der Waals surface area contributed by atoms with Gasteiger partial charge >= 0.3 is 5.97 Å². The van der Waals surface area contributed by atoms with Gasteiger partial charge in [0.15, 0.2) is 0 Å². The summed E-state index contributed by atoms with van der Waals surface area (Å²) in [6.45, 7) is 1.29. The van der Waals surface area contributed by atoms with E-state index >= 15 is 0 Å². The number of aromatic amines is 1. The number of hydrogen-bond acceptors (Lipinski definition) is 10. The van der Waals surface area contributed by atoms with Crippen LogP contribution in [0.25, 0.3) is 22.2 Å². The number of carbonyl (C=O) groups excluding carboxylic acids is 1. The molecule has 2 heterocycles. The van der Waals surface area contributed by atoms with Crippen molar-refractivity contribution in [3.63, 3.8) is 0 Å². The van der Waals surface area contributed by atoms with Crippen molar-refractivity contribution in [1.82, 2.24) is 19.9 Å². The van der Waals surface area contributed by atoms with Crippen molar-refractivity contribution in [2.75, 3.05) is 58.7 Å². The van der Waals surface area contributed by atoms with E-state index in [1.807, 2.05) is 43.3 Å². The molecule has 4 rings (SSSR count). The molecule has 0 aliphatic rings. The van der Waals surface area contributed by atoms with Gasteiger partial charge in [-0.3, -0.25) is 10.1 Å². The fourth-order valence-corrected chi connectivity index (χ4v) is 4.04. The van der Waals surface area contributed by atoms with Crippen molar-refractivity contribution in [2.45, 2.75) is 7.43 Å². The summed E-state index contributed by atoms with van der Waals surface area (Å²) in [5, 5.41) is 15.9. The zero-order chi connectivity index (χ0) is 27.4. The van der Waals surface area contributed by atoms with Gasteiger partial charge in [0.05, 0.1) is 30.5 Å². The summed E-state index contributed by atoms with van der Waals surface area (Å²) in [5.41, 5.74) is 2.71. The standard InChI is InChI=1S/C26H29N7O5.CH4/c1-31(2)10-11-32(3)21-13-23(37-4)20(12-22(21)33(35)36)29-26-28-15-18(25(34)38-5)24(30-26)17-14-27-19-9-7-6-8-16(17)19;/h6-9,12-15,27H,10-11H2,1-5H3,(H,28,29,30);1H4. The van der Waals surface area contributed by atoms with Gasteiger partial charge in [0.25, 0.3) is 5.69 Å². The normalized spacial score (nSPS) is 10.7. The molecule has 2 N–H and O–H groups in total. The lowest BCUT2D eigenvalue weighted by atomic mass is 10.1. The Morgan fingerprint density at radius 2 is 1.90 bits per heavy atom. The molecule has 0 fully saturated rings. The fourth-order valence-electron chi connectivity index (χ4n) is 4.04. The number of nitrogens with one attached hydrogen (secondary N) is 2. The molecule has 0 bridgehead atoms. The number of anilines is 3. The van der Waals surface area contributed by atoms with Gasteiger partial charge < -0.3 is 29.6 Å². The number of aromatic nitrogens is 3. The Morgan fingerprint density at radius 1 is 1.15 bits per heavy atom. The second-order valence-electron chi connectivity index (χ2n) is 8.84. The van der Waals surface area contributed by atoms with E-state index in [1.165, 1.54) is 26.5 Å². The molecule has 12 heteroatoms. The molecule has 12 nitrogen and oxygen atoms in total. The molecule has 2 aromatic carbocycles. The summed E-state index contributed by atoms with van der Waals surface area (Å²) in [5.74, 6) is -0.0917. The average molecular weight is 536 g/mol. The molecule has 0 aliphatic carbocycles. The van der Waals surface area contributed by atoms with Gasteiger partial charge in [-0.25, -0.2) is 14.8 Å². The number of para-hydroxylation sites is 1. The van der Waals surface area contributed by atoms with Crippen LogP contribution in [0.4, 0.5) is 23.0 Å². The first-order valence-corrected chi connectivity index (χ1v) is 11.7. The first-order chi connectivity index (χ1) is 18.2. The van der Waals surface area contributed by atoms with Crippen LogP contribution in [0.15, 0.2) is 48.8 Å². The molecule has 0 unspecified atom stereocenters. The fraction of sp³-hybridized carbons (Fsp3) is 0.296. The monoisotopic (exact) mass is 535 g/mol. The quantitative estimate of drug-likeness (QED) is 0.167. The van der Waals surface area contributed by atoms with Crippen LogP contribution in [0, 0.1) is 10.1 Å². The maximum absolute atomic E-state index is 12.5.